The highest BCUT2D eigenvalue weighted by Crippen LogP contribution is 2.17. The number of amides is 1. The molecule has 0 atom stereocenters. The average molecular weight is 226 g/mol. The van der Waals surface area contributed by atoms with Gasteiger partial charge in [-0.2, -0.15) is 0 Å². The third-order valence-electron chi connectivity index (χ3n) is 3.21. The van der Waals surface area contributed by atoms with Gasteiger partial charge in [0.05, 0.1) is 0 Å². The zero-order chi connectivity index (χ0) is 11.6. The van der Waals surface area contributed by atoms with Crippen LogP contribution in [0, 0.1) is 0 Å². The van der Waals surface area contributed by atoms with Crippen LogP contribution in [-0.4, -0.2) is 25.0 Å². The van der Waals surface area contributed by atoms with Gasteiger partial charge in [-0.25, -0.2) is 0 Å². The van der Waals surface area contributed by atoms with Crippen molar-refractivity contribution in [3.63, 3.8) is 0 Å². The highest BCUT2D eigenvalue weighted by Gasteiger charge is 2.16. The molecule has 0 aromatic heterocycles. The van der Waals surface area contributed by atoms with Crippen molar-refractivity contribution in [2.24, 2.45) is 0 Å². The van der Waals surface area contributed by atoms with Crippen LogP contribution in [0.2, 0.25) is 0 Å². The monoisotopic (exact) mass is 226 g/mol. The van der Waals surface area contributed by atoms with E-state index in [0.29, 0.717) is 12.5 Å². The van der Waals surface area contributed by atoms with E-state index in [1.807, 2.05) is 0 Å². The molecule has 3 nitrogen and oxygen atoms in total. The smallest absolute Gasteiger partial charge is 0.221 e. The van der Waals surface area contributed by atoms with E-state index < -0.39 is 0 Å². The van der Waals surface area contributed by atoms with Gasteiger partial charge in [-0.05, 0) is 25.8 Å². The zero-order valence-electron chi connectivity index (χ0n) is 10.6. The van der Waals surface area contributed by atoms with Crippen molar-refractivity contribution in [1.82, 2.24) is 10.6 Å². The van der Waals surface area contributed by atoms with Crippen molar-refractivity contribution in [1.29, 1.82) is 0 Å². The lowest BCUT2D eigenvalue weighted by molar-refractivity contribution is -0.121. The molecule has 3 heteroatoms. The van der Waals surface area contributed by atoms with Gasteiger partial charge in [-0.15, -0.1) is 0 Å². The van der Waals surface area contributed by atoms with E-state index in [0.717, 1.165) is 13.1 Å². The molecule has 0 aromatic rings. The molecular weight excluding hydrogens is 200 g/mol. The summed E-state index contributed by atoms with van der Waals surface area (Å²) in [6, 6.07) is 0.465. The topological polar surface area (TPSA) is 41.1 Å². The zero-order valence-corrected chi connectivity index (χ0v) is 10.6. The van der Waals surface area contributed by atoms with E-state index >= 15 is 0 Å². The Morgan fingerprint density at radius 1 is 1.19 bits per heavy atom. The van der Waals surface area contributed by atoms with E-state index in [4.69, 9.17) is 0 Å². The van der Waals surface area contributed by atoms with Crippen molar-refractivity contribution < 1.29 is 4.79 Å². The van der Waals surface area contributed by atoms with Gasteiger partial charge >= 0.3 is 0 Å². The SMILES string of the molecule is CCCCCNCCC(=O)NC1CCCC1. The fraction of sp³-hybridized carbons (Fsp3) is 0.923. The van der Waals surface area contributed by atoms with Crippen LogP contribution in [0.15, 0.2) is 0 Å². The molecule has 1 fully saturated rings. The molecule has 1 amide bonds. The maximum atomic E-state index is 11.5. The minimum atomic E-state index is 0.217. The molecule has 16 heavy (non-hydrogen) atoms. The molecule has 2 N–H and O–H groups in total. The summed E-state index contributed by atoms with van der Waals surface area (Å²) in [5, 5.41) is 6.42. The van der Waals surface area contributed by atoms with E-state index in [1.165, 1.54) is 44.9 Å². The van der Waals surface area contributed by atoms with Crippen LogP contribution in [0.5, 0.6) is 0 Å². The van der Waals surface area contributed by atoms with Crippen LogP contribution in [0.25, 0.3) is 0 Å². The Labute approximate surface area is 99.4 Å². The maximum Gasteiger partial charge on any atom is 0.221 e. The number of rotatable bonds is 8. The lowest BCUT2D eigenvalue weighted by Crippen LogP contribution is -2.34. The highest BCUT2D eigenvalue weighted by atomic mass is 16.1. The number of hydrogen-bond acceptors (Lipinski definition) is 2. The van der Waals surface area contributed by atoms with Crippen molar-refractivity contribution in [3.8, 4) is 0 Å². The summed E-state index contributed by atoms with van der Waals surface area (Å²) < 4.78 is 0. The Morgan fingerprint density at radius 3 is 2.62 bits per heavy atom. The van der Waals surface area contributed by atoms with Gasteiger partial charge in [0, 0.05) is 19.0 Å². The van der Waals surface area contributed by atoms with Crippen molar-refractivity contribution in [3.05, 3.63) is 0 Å². The predicted octanol–water partition coefficient (Wildman–Crippen LogP) is 2.22. The number of hydrogen-bond donors (Lipinski definition) is 2. The van der Waals surface area contributed by atoms with Gasteiger partial charge in [-0.1, -0.05) is 32.6 Å². The Balaban J connectivity index is 1.89. The van der Waals surface area contributed by atoms with Gasteiger partial charge < -0.3 is 10.6 Å². The molecule has 0 bridgehead atoms. The van der Waals surface area contributed by atoms with E-state index in [2.05, 4.69) is 17.6 Å². The highest BCUT2D eigenvalue weighted by molar-refractivity contribution is 5.76. The van der Waals surface area contributed by atoms with Crippen molar-refractivity contribution >= 4 is 5.91 Å². The second-order valence-corrected chi connectivity index (χ2v) is 4.76. The summed E-state index contributed by atoms with van der Waals surface area (Å²) in [7, 11) is 0. The molecule has 1 saturated carbocycles. The third-order valence-corrected chi connectivity index (χ3v) is 3.21. The summed E-state index contributed by atoms with van der Waals surface area (Å²) in [5.74, 6) is 0.217. The molecule has 0 aliphatic heterocycles. The molecule has 0 heterocycles. The minimum Gasteiger partial charge on any atom is -0.353 e. The second kappa shape index (κ2) is 8.57. The van der Waals surface area contributed by atoms with Crippen molar-refractivity contribution in [2.75, 3.05) is 13.1 Å². The molecule has 0 spiro atoms. The van der Waals surface area contributed by atoms with Gasteiger partial charge in [0.25, 0.3) is 0 Å². The summed E-state index contributed by atoms with van der Waals surface area (Å²) in [6.45, 7) is 4.07. The molecule has 0 radical (unpaired) electrons. The molecule has 0 unspecified atom stereocenters. The maximum absolute atomic E-state index is 11.5. The molecule has 1 aliphatic rings. The van der Waals surface area contributed by atoms with E-state index in [1.54, 1.807) is 0 Å². The Bertz CT molecular complexity index is 188. The molecular formula is C13H26N2O. The minimum absolute atomic E-state index is 0.217. The Morgan fingerprint density at radius 2 is 1.94 bits per heavy atom. The molecule has 1 rings (SSSR count). The van der Waals surface area contributed by atoms with Crippen LogP contribution >= 0.6 is 0 Å². The van der Waals surface area contributed by atoms with Crippen LogP contribution in [0.4, 0.5) is 0 Å². The van der Waals surface area contributed by atoms with Gasteiger partial charge in [0.15, 0.2) is 0 Å². The summed E-state index contributed by atoms with van der Waals surface area (Å²) in [6.07, 6.45) is 9.29. The molecule has 1 aliphatic carbocycles. The average Bonchev–Trinajstić information content (AvgIpc) is 2.76. The Kier molecular flexibility index (Phi) is 7.23. The second-order valence-electron chi connectivity index (χ2n) is 4.76. The number of carbonyl (C=O) groups is 1. The van der Waals surface area contributed by atoms with Crippen LogP contribution in [-0.2, 0) is 4.79 Å². The van der Waals surface area contributed by atoms with Crippen LogP contribution in [0.1, 0.15) is 58.3 Å². The van der Waals surface area contributed by atoms with Gasteiger partial charge in [0.2, 0.25) is 5.91 Å². The summed E-state index contributed by atoms with van der Waals surface area (Å²) in [4.78, 5) is 11.5. The quantitative estimate of drug-likeness (QED) is 0.623. The predicted molar refractivity (Wildman–Crippen MR) is 67.4 cm³/mol. The third kappa shape index (κ3) is 6.11. The molecule has 0 saturated heterocycles. The van der Waals surface area contributed by atoms with E-state index in [-0.39, 0.29) is 5.91 Å². The Hall–Kier alpha value is -0.570. The lowest BCUT2D eigenvalue weighted by Gasteiger charge is -2.11. The first-order chi connectivity index (χ1) is 7.83. The molecule has 0 aromatic carbocycles. The van der Waals surface area contributed by atoms with Crippen LogP contribution < -0.4 is 10.6 Å². The van der Waals surface area contributed by atoms with Gasteiger partial charge in [0.1, 0.15) is 0 Å². The molecule has 94 valence electrons. The first-order valence-corrected chi connectivity index (χ1v) is 6.83. The van der Waals surface area contributed by atoms with Crippen molar-refractivity contribution in [2.45, 2.75) is 64.3 Å². The number of nitrogens with one attached hydrogen (secondary N) is 2. The fourth-order valence-electron chi connectivity index (χ4n) is 2.20. The fourth-order valence-corrected chi connectivity index (χ4v) is 2.20. The summed E-state index contributed by atoms with van der Waals surface area (Å²) in [5.41, 5.74) is 0. The summed E-state index contributed by atoms with van der Waals surface area (Å²) >= 11 is 0. The normalized spacial score (nSPS) is 16.6. The number of unbranched alkanes of at least 4 members (excludes halogenated alkanes) is 2. The first-order valence-electron chi connectivity index (χ1n) is 6.83. The van der Waals surface area contributed by atoms with Gasteiger partial charge in [-0.3, -0.25) is 4.79 Å². The van der Waals surface area contributed by atoms with Crippen LogP contribution in [0.3, 0.4) is 0 Å². The van der Waals surface area contributed by atoms with E-state index in [9.17, 15) is 4.79 Å². The largest absolute Gasteiger partial charge is 0.353 e. The first kappa shape index (κ1) is 13.5. The standard InChI is InChI=1S/C13H26N2O/c1-2-3-6-10-14-11-9-13(16)15-12-7-4-5-8-12/h12,14H,2-11H2,1H3,(H,15,16). The lowest BCUT2D eigenvalue weighted by atomic mass is 10.2. The number of carbonyl (C=O) groups excluding carboxylic acids is 1.